The molecule has 0 fully saturated rings. The zero-order valence-corrected chi connectivity index (χ0v) is 13.6. The topological polar surface area (TPSA) is 13.1 Å². The summed E-state index contributed by atoms with van der Waals surface area (Å²) in [7, 11) is 0. The molecule has 0 aliphatic rings. The second-order valence-corrected chi connectivity index (χ2v) is 6.57. The Balaban J connectivity index is 1.77. The van der Waals surface area contributed by atoms with Gasteiger partial charge in [0.2, 0.25) is 0 Å². The van der Waals surface area contributed by atoms with Crippen LogP contribution in [0.4, 0.5) is 0 Å². The highest BCUT2D eigenvalue weighted by atomic mass is 32.2. The van der Waals surface area contributed by atoms with Gasteiger partial charge in [0.25, 0.3) is 0 Å². The minimum absolute atomic E-state index is 0.928. The summed E-state index contributed by atoms with van der Waals surface area (Å²) in [5.74, 6) is 0.928. The fourth-order valence-electron chi connectivity index (χ4n) is 2.74. The lowest BCUT2D eigenvalue weighted by Crippen LogP contribution is -1.78. The molecule has 0 spiro atoms. The van der Waals surface area contributed by atoms with Crippen molar-refractivity contribution in [3.8, 4) is 11.3 Å². The smallest absolute Gasteiger partial charge is 0.168 e. The Bertz CT molecular complexity index is 949. The van der Waals surface area contributed by atoms with Crippen molar-refractivity contribution in [2.45, 2.75) is 16.9 Å². The van der Waals surface area contributed by atoms with Gasteiger partial charge in [-0.1, -0.05) is 72.4 Å². The molecule has 0 N–H and O–H groups in total. The van der Waals surface area contributed by atoms with Crippen LogP contribution in [-0.2, 0) is 0 Å². The van der Waals surface area contributed by atoms with E-state index in [1.54, 1.807) is 11.8 Å². The molecular formula is C21H16OS. The van der Waals surface area contributed by atoms with Crippen LogP contribution in [0.25, 0.3) is 22.1 Å². The average Bonchev–Trinajstić information content (AvgIpc) is 2.96. The highest BCUT2D eigenvalue weighted by molar-refractivity contribution is 7.99. The molecule has 0 aliphatic carbocycles. The molecule has 3 aromatic carbocycles. The van der Waals surface area contributed by atoms with Crippen LogP contribution in [0.2, 0.25) is 0 Å². The van der Waals surface area contributed by atoms with Crippen molar-refractivity contribution < 1.29 is 4.42 Å². The van der Waals surface area contributed by atoms with Crippen molar-refractivity contribution >= 4 is 22.5 Å². The maximum atomic E-state index is 6.18. The zero-order chi connectivity index (χ0) is 15.6. The summed E-state index contributed by atoms with van der Waals surface area (Å²) in [6.07, 6.45) is 0. The van der Waals surface area contributed by atoms with Crippen LogP contribution in [0, 0.1) is 6.92 Å². The number of rotatable bonds is 3. The Morgan fingerprint density at radius 2 is 1.52 bits per heavy atom. The summed E-state index contributed by atoms with van der Waals surface area (Å²) in [5, 5.41) is 3.41. The Kier molecular flexibility index (Phi) is 3.68. The highest BCUT2D eigenvalue weighted by Crippen LogP contribution is 2.37. The maximum Gasteiger partial charge on any atom is 0.168 e. The Morgan fingerprint density at radius 1 is 0.783 bits per heavy atom. The van der Waals surface area contributed by atoms with Gasteiger partial charge in [-0.05, 0) is 35.9 Å². The summed E-state index contributed by atoms with van der Waals surface area (Å²) in [6, 6.07) is 27.2. The second-order valence-electron chi connectivity index (χ2n) is 5.52. The monoisotopic (exact) mass is 316 g/mol. The predicted molar refractivity (Wildman–Crippen MR) is 97.0 cm³/mol. The predicted octanol–water partition coefficient (Wildman–Crippen LogP) is 6.56. The van der Waals surface area contributed by atoms with E-state index in [0.29, 0.717) is 0 Å². The molecule has 0 aliphatic heterocycles. The number of benzene rings is 3. The van der Waals surface area contributed by atoms with E-state index in [-0.39, 0.29) is 0 Å². The van der Waals surface area contributed by atoms with Gasteiger partial charge in [0.15, 0.2) is 5.09 Å². The minimum Gasteiger partial charge on any atom is -0.449 e. The molecule has 0 bridgehead atoms. The number of hydrogen-bond acceptors (Lipinski definition) is 2. The van der Waals surface area contributed by atoms with Crippen LogP contribution >= 0.6 is 11.8 Å². The van der Waals surface area contributed by atoms with E-state index in [4.69, 9.17) is 4.42 Å². The second kappa shape index (κ2) is 5.98. The first-order valence-corrected chi connectivity index (χ1v) is 8.44. The zero-order valence-electron chi connectivity index (χ0n) is 12.8. The maximum absolute atomic E-state index is 6.18. The molecule has 0 radical (unpaired) electrons. The fraction of sp³-hybridized carbons (Fsp3) is 0.0476. The van der Waals surface area contributed by atoms with Crippen molar-refractivity contribution in [1.29, 1.82) is 0 Å². The molecule has 0 unspecified atom stereocenters. The van der Waals surface area contributed by atoms with E-state index in [1.165, 1.54) is 21.2 Å². The Morgan fingerprint density at radius 3 is 2.39 bits per heavy atom. The first-order chi connectivity index (χ1) is 11.3. The molecule has 0 saturated carbocycles. The lowest BCUT2D eigenvalue weighted by Gasteiger charge is -2.03. The van der Waals surface area contributed by atoms with Crippen molar-refractivity contribution in [3.63, 3.8) is 0 Å². The molecule has 0 atom stereocenters. The molecule has 4 rings (SSSR count). The number of aryl methyl sites for hydroxylation is 1. The van der Waals surface area contributed by atoms with E-state index >= 15 is 0 Å². The molecule has 0 saturated heterocycles. The van der Waals surface area contributed by atoms with Gasteiger partial charge in [0.05, 0.1) is 0 Å². The third kappa shape index (κ3) is 2.78. The average molecular weight is 316 g/mol. The first kappa shape index (κ1) is 14.2. The van der Waals surface area contributed by atoms with Crippen LogP contribution in [0.5, 0.6) is 0 Å². The van der Waals surface area contributed by atoms with Gasteiger partial charge in [0, 0.05) is 16.0 Å². The van der Waals surface area contributed by atoms with E-state index < -0.39 is 0 Å². The van der Waals surface area contributed by atoms with Gasteiger partial charge in [-0.25, -0.2) is 0 Å². The third-order valence-corrected chi connectivity index (χ3v) is 4.98. The van der Waals surface area contributed by atoms with Crippen LogP contribution in [-0.4, -0.2) is 0 Å². The number of hydrogen-bond donors (Lipinski definition) is 0. The first-order valence-electron chi connectivity index (χ1n) is 7.63. The molecule has 4 aromatic rings. The number of fused-ring (bicyclic) bond motifs is 1. The summed E-state index contributed by atoms with van der Waals surface area (Å²) in [6.45, 7) is 2.10. The van der Waals surface area contributed by atoms with Gasteiger partial charge >= 0.3 is 0 Å². The molecule has 2 heteroatoms. The largest absolute Gasteiger partial charge is 0.449 e. The Labute approximate surface area is 140 Å². The van der Waals surface area contributed by atoms with Gasteiger partial charge in [0.1, 0.15) is 5.76 Å². The Hall–Kier alpha value is -2.45. The van der Waals surface area contributed by atoms with Crippen LogP contribution in [0.15, 0.2) is 93.3 Å². The highest BCUT2D eigenvalue weighted by Gasteiger charge is 2.12. The molecule has 23 heavy (non-hydrogen) atoms. The van der Waals surface area contributed by atoms with Crippen molar-refractivity contribution in [3.05, 3.63) is 84.4 Å². The van der Waals surface area contributed by atoms with E-state index in [0.717, 1.165) is 16.4 Å². The summed E-state index contributed by atoms with van der Waals surface area (Å²) >= 11 is 1.67. The van der Waals surface area contributed by atoms with E-state index in [2.05, 4.69) is 67.6 Å². The van der Waals surface area contributed by atoms with Gasteiger partial charge < -0.3 is 4.42 Å². The summed E-state index contributed by atoms with van der Waals surface area (Å²) in [5.41, 5.74) is 2.31. The molecule has 1 nitrogen and oxygen atoms in total. The standard InChI is InChI=1S/C21H16OS/c1-15-14-20(22-21(15)23-17-10-3-2-4-11-17)19-13-7-9-16-8-5-6-12-18(16)19/h2-14H,1H3. The van der Waals surface area contributed by atoms with Gasteiger partial charge in [-0.3, -0.25) is 0 Å². The number of furan rings is 1. The minimum atomic E-state index is 0.928. The SMILES string of the molecule is Cc1cc(-c2cccc3ccccc23)oc1Sc1ccccc1. The fourth-order valence-corrected chi connectivity index (χ4v) is 3.59. The lowest BCUT2D eigenvalue weighted by atomic mass is 10.0. The third-order valence-electron chi connectivity index (χ3n) is 3.88. The normalized spacial score (nSPS) is 11.0. The molecule has 1 heterocycles. The van der Waals surface area contributed by atoms with Crippen LogP contribution < -0.4 is 0 Å². The van der Waals surface area contributed by atoms with Gasteiger partial charge in [-0.2, -0.15) is 0 Å². The summed E-state index contributed by atoms with van der Waals surface area (Å²) in [4.78, 5) is 1.19. The molecule has 112 valence electrons. The lowest BCUT2D eigenvalue weighted by molar-refractivity contribution is 0.484. The van der Waals surface area contributed by atoms with Crippen LogP contribution in [0.1, 0.15) is 5.56 Å². The van der Waals surface area contributed by atoms with Crippen molar-refractivity contribution in [1.82, 2.24) is 0 Å². The van der Waals surface area contributed by atoms with E-state index in [9.17, 15) is 0 Å². The van der Waals surface area contributed by atoms with Gasteiger partial charge in [-0.15, -0.1) is 0 Å². The van der Waals surface area contributed by atoms with Crippen molar-refractivity contribution in [2.24, 2.45) is 0 Å². The molecular weight excluding hydrogens is 300 g/mol. The van der Waals surface area contributed by atoms with Crippen molar-refractivity contribution in [2.75, 3.05) is 0 Å². The molecule has 1 aromatic heterocycles. The quantitative estimate of drug-likeness (QED) is 0.424. The van der Waals surface area contributed by atoms with E-state index in [1.807, 2.05) is 18.2 Å². The molecule has 0 amide bonds. The van der Waals surface area contributed by atoms with Crippen LogP contribution in [0.3, 0.4) is 0 Å². The summed E-state index contributed by atoms with van der Waals surface area (Å²) < 4.78 is 6.18.